The molecule has 1 aliphatic heterocycles. The molecule has 1 aromatic rings. The largest absolute Gasteiger partial charge is 0.445 e. The van der Waals surface area contributed by atoms with Crippen LogP contribution in [0.25, 0.3) is 0 Å². The van der Waals surface area contributed by atoms with Crippen LogP contribution in [-0.2, 0) is 30.4 Å². The van der Waals surface area contributed by atoms with E-state index in [4.69, 9.17) is 14.2 Å². The topological polar surface area (TPSA) is 103 Å². The maximum Gasteiger partial charge on any atom is 0.408 e. The van der Waals surface area contributed by atoms with Gasteiger partial charge in [-0.2, -0.15) is 0 Å². The number of carbonyl (C=O) groups is 3. The molecule has 4 atom stereocenters. The Kier molecular flexibility index (Phi) is 8.25. The molecule has 0 aliphatic carbocycles. The van der Waals surface area contributed by atoms with E-state index in [0.29, 0.717) is 19.4 Å². The number of benzene rings is 1. The Labute approximate surface area is 164 Å². The molecule has 8 nitrogen and oxygen atoms in total. The lowest BCUT2D eigenvalue weighted by Gasteiger charge is -2.26. The van der Waals surface area contributed by atoms with E-state index in [1.807, 2.05) is 44.2 Å². The van der Waals surface area contributed by atoms with Crippen LogP contribution in [0.1, 0.15) is 39.2 Å². The zero-order valence-corrected chi connectivity index (χ0v) is 16.5. The Morgan fingerprint density at radius 3 is 2.61 bits per heavy atom. The van der Waals surface area contributed by atoms with Crippen LogP contribution in [-0.4, -0.2) is 43.0 Å². The van der Waals surface area contributed by atoms with Gasteiger partial charge in [-0.05, 0) is 17.9 Å². The van der Waals surface area contributed by atoms with Gasteiger partial charge in [0.05, 0.1) is 12.6 Å². The lowest BCUT2D eigenvalue weighted by Crippen LogP contribution is -2.54. The van der Waals surface area contributed by atoms with Crippen LogP contribution in [0.3, 0.4) is 0 Å². The standard InChI is InChI=1S/C20H28N2O6/c1-4-13(2)17(22-20(25)27-12-15-8-6-5-7-9-15)18(24)21-16-10-11-26-19(16)28-14(3)23/h5-9,13,16-17,19H,4,10-12H2,1-3H3,(H,21,24)(H,22,25)/t13?,16-,17-,19?/m0/s1. The van der Waals surface area contributed by atoms with E-state index < -0.39 is 30.4 Å². The molecule has 0 bridgehead atoms. The fourth-order valence-electron chi connectivity index (χ4n) is 2.85. The maximum absolute atomic E-state index is 12.8. The Morgan fingerprint density at radius 2 is 1.96 bits per heavy atom. The summed E-state index contributed by atoms with van der Waals surface area (Å²) in [5.41, 5.74) is 0.856. The molecule has 1 saturated heterocycles. The van der Waals surface area contributed by atoms with Crippen molar-refractivity contribution in [3.8, 4) is 0 Å². The molecule has 2 rings (SSSR count). The van der Waals surface area contributed by atoms with Gasteiger partial charge in [0.2, 0.25) is 12.2 Å². The van der Waals surface area contributed by atoms with E-state index in [-0.39, 0.29) is 18.4 Å². The van der Waals surface area contributed by atoms with Crippen molar-refractivity contribution in [1.29, 1.82) is 0 Å². The molecule has 0 spiro atoms. The van der Waals surface area contributed by atoms with Gasteiger partial charge in [0, 0.05) is 6.92 Å². The van der Waals surface area contributed by atoms with E-state index in [1.165, 1.54) is 6.92 Å². The van der Waals surface area contributed by atoms with Crippen molar-refractivity contribution in [2.45, 2.75) is 58.6 Å². The number of hydrogen-bond donors (Lipinski definition) is 2. The van der Waals surface area contributed by atoms with E-state index in [9.17, 15) is 14.4 Å². The Balaban J connectivity index is 1.93. The molecule has 1 fully saturated rings. The van der Waals surface area contributed by atoms with Crippen LogP contribution in [0.2, 0.25) is 0 Å². The summed E-state index contributed by atoms with van der Waals surface area (Å²) < 4.78 is 15.6. The summed E-state index contributed by atoms with van der Waals surface area (Å²) in [7, 11) is 0. The van der Waals surface area contributed by atoms with Gasteiger partial charge in [-0.3, -0.25) is 9.59 Å². The summed E-state index contributed by atoms with van der Waals surface area (Å²) in [5, 5.41) is 5.46. The highest BCUT2D eigenvalue weighted by molar-refractivity contribution is 5.86. The number of rotatable bonds is 8. The number of amides is 2. The quantitative estimate of drug-likeness (QED) is 0.657. The summed E-state index contributed by atoms with van der Waals surface area (Å²) >= 11 is 0. The highest BCUT2D eigenvalue weighted by Gasteiger charge is 2.35. The predicted octanol–water partition coefficient (Wildman–Crippen LogP) is 2.12. The van der Waals surface area contributed by atoms with Crippen molar-refractivity contribution in [2.75, 3.05) is 6.61 Å². The van der Waals surface area contributed by atoms with Crippen molar-refractivity contribution in [3.05, 3.63) is 35.9 Å². The Morgan fingerprint density at radius 1 is 1.25 bits per heavy atom. The fraction of sp³-hybridized carbons (Fsp3) is 0.550. The first-order valence-corrected chi connectivity index (χ1v) is 9.47. The first-order valence-electron chi connectivity index (χ1n) is 9.47. The average molecular weight is 392 g/mol. The van der Waals surface area contributed by atoms with Crippen LogP contribution < -0.4 is 10.6 Å². The summed E-state index contributed by atoms with van der Waals surface area (Å²) in [6.45, 7) is 5.58. The normalized spacial score (nSPS) is 20.7. The van der Waals surface area contributed by atoms with Crippen molar-refractivity contribution in [1.82, 2.24) is 10.6 Å². The van der Waals surface area contributed by atoms with Crippen LogP contribution >= 0.6 is 0 Å². The fourth-order valence-corrected chi connectivity index (χ4v) is 2.85. The molecule has 2 N–H and O–H groups in total. The van der Waals surface area contributed by atoms with Crippen molar-refractivity contribution >= 4 is 18.0 Å². The van der Waals surface area contributed by atoms with Crippen molar-refractivity contribution in [2.24, 2.45) is 5.92 Å². The van der Waals surface area contributed by atoms with E-state index in [1.54, 1.807) is 0 Å². The molecular formula is C20H28N2O6. The first kappa shape index (κ1) is 21.7. The molecule has 0 saturated carbocycles. The number of ether oxygens (including phenoxy) is 3. The summed E-state index contributed by atoms with van der Waals surface area (Å²) in [4.78, 5) is 36.1. The van der Waals surface area contributed by atoms with Crippen LogP contribution in [0.4, 0.5) is 4.79 Å². The number of hydrogen-bond acceptors (Lipinski definition) is 6. The van der Waals surface area contributed by atoms with Gasteiger partial charge >= 0.3 is 12.1 Å². The minimum atomic E-state index is -0.816. The highest BCUT2D eigenvalue weighted by atomic mass is 16.7. The monoisotopic (exact) mass is 392 g/mol. The Hall–Kier alpha value is -2.61. The second kappa shape index (κ2) is 10.7. The summed E-state index contributed by atoms with van der Waals surface area (Å²) in [5.74, 6) is -0.954. The molecule has 2 unspecified atom stereocenters. The smallest absolute Gasteiger partial charge is 0.408 e. The molecule has 2 amide bonds. The van der Waals surface area contributed by atoms with Gasteiger partial charge in [-0.1, -0.05) is 50.6 Å². The molecule has 154 valence electrons. The van der Waals surface area contributed by atoms with Crippen molar-refractivity contribution < 1.29 is 28.6 Å². The molecule has 0 radical (unpaired) electrons. The van der Waals surface area contributed by atoms with Gasteiger partial charge in [0.15, 0.2) is 0 Å². The van der Waals surface area contributed by atoms with Crippen LogP contribution in [0.15, 0.2) is 30.3 Å². The molecule has 1 heterocycles. The third kappa shape index (κ3) is 6.53. The lowest BCUT2D eigenvalue weighted by molar-refractivity contribution is -0.171. The van der Waals surface area contributed by atoms with Gasteiger partial charge in [-0.15, -0.1) is 0 Å². The van der Waals surface area contributed by atoms with Gasteiger partial charge in [-0.25, -0.2) is 4.79 Å². The number of alkyl carbamates (subject to hydrolysis) is 1. The van der Waals surface area contributed by atoms with Crippen LogP contribution in [0.5, 0.6) is 0 Å². The minimum Gasteiger partial charge on any atom is -0.445 e. The van der Waals surface area contributed by atoms with Gasteiger partial charge in [0.25, 0.3) is 0 Å². The number of carbonyl (C=O) groups excluding carboxylic acids is 3. The summed E-state index contributed by atoms with van der Waals surface area (Å²) in [6, 6.07) is 8.06. The lowest BCUT2D eigenvalue weighted by atomic mass is 9.98. The third-order valence-electron chi connectivity index (χ3n) is 4.63. The molecular weight excluding hydrogens is 364 g/mol. The first-order chi connectivity index (χ1) is 13.4. The molecule has 8 heteroatoms. The second-order valence-electron chi connectivity index (χ2n) is 6.82. The zero-order chi connectivity index (χ0) is 20.5. The van der Waals surface area contributed by atoms with E-state index in [2.05, 4.69) is 10.6 Å². The van der Waals surface area contributed by atoms with Crippen molar-refractivity contribution in [3.63, 3.8) is 0 Å². The van der Waals surface area contributed by atoms with Crippen LogP contribution in [0, 0.1) is 5.92 Å². The highest BCUT2D eigenvalue weighted by Crippen LogP contribution is 2.17. The maximum atomic E-state index is 12.8. The predicted molar refractivity (Wildman–Crippen MR) is 101 cm³/mol. The minimum absolute atomic E-state index is 0.112. The van der Waals surface area contributed by atoms with E-state index in [0.717, 1.165) is 5.56 Å². The number of esters is 1. The zero-order valence-electron chi connectivity index (χ0n) is 16.5. The van der Waals surface area contributed by atoms with Gasteiger partial charge in [0.1, 0.15) is 12.6 Å². The third-order valence-corrected chi connectivity index (χ3v) is 4.63. The van der Waals surface area contributed by atoms with Gasteiger partial charge < -0.3 is 24.8 Å². The summed E-state index contributed by atoms with van der Waals surface area (Å²) in [6.07, 6.45) is -0.270. The molecule has 1 aliphatic rings. The average Bonchev–Trinajstić information content (AvgIpc) is 3.10. The molecule has 1 aromatic carbocycles. The van der Waals surface area contributed by atoms with E-state index >= 15 is 0 Å². The number of nitrogens with one attached hydrogen (secondary N) is 2. The SMILES string of the molecule is CCC(C)[C@H](NC(=O)OCc1ccccc1)C(=O)N[C@H]1CCOC1OC(C)=O. The molecule has 28 heavy (non-hydrogen) atoms. The second-order valence-corrected chi connectivity index (χ2v) is 6.82. The Bertz CT molecular complexity index is 666. The molecule has 0 aromatic heterocycles.